The molecule has 0 radical (unpaired) electrons. The van der Waals surface area contributed by atoms with Gasteiger partial charge in [-0.2, -0.15) is 42.1 Å². The fourth-order valence-electron chi connectivity index (χ4n) is 4.26. The summed E-state index contributed by atoms with van der Waals surface area (Å²) in [5.41, 5.74) is 0.467. The molecule has 0 spiro atoms. The lowest BCUT2D eigenvalue weighted by Crippen LogP contribution is -2.05. The molecule has 0 atom stereocenters. The number of nitro groups is 5. The van der Waals surface area contributed by atoms with Crippen LogP contribution in [0.15, 0.2) is 109 Å². The van der Waals surface area contributed by atoms with Crippen molar-refractivity contribution in [1.29, 1.82) is 0 Å². The monoisotopic (exact) mass is 1180 g/mol. The van der Waals surface area contributed by atoms with Gasteiger partial charge in [0.2, 0.25) is 0 Å². The third-order valence-electron chi connectivity index (χ3n) is 7.46. The van der Waals surface area contributed by atoms with E-state index in [-0.39, 0.29) is 25.5 Å². The molecule has 5 aromatic carbocycles. The van der Waals surface area contributed by atoms with Crippen LogP contribution >= 0.6 is 46.4 Å². The average Bonchev–Trinajstić information content (AvgIpc) is 3.20. The predicted molar refractivity (Wildman–Crippen MR) is 244 cm³/mol. The lowest BCUT2D eigenvalue weighted by Gasteiger charge is -2.01. The first-order valence-corrected chi connectivity index (χ1v) is 25.4. The number of aryl methyl sites for hydroxylation is 1. The number of rotatable bonds is 10. The molecule has 0 bridgehead atoms. The fourth-order valence-corrected chi connectivity index (χ4v) is 7.89. The molecule has 0 saturated heterocycles. The van der Waals surface area contributed by atoms with Crippen molar-refractivity contribution in [3.05, 3.63) is 161 Å². The van der Waals surface area contributed by atoms with Crippen molar-refractivity contribution in [3.8, 4) is 0 Å². The molecule has 386 valence electrons. The Morgan fingerprint density at radius 3 is 1.03 bits per heavy atom. The zero-order valence-corrected chi connectivity index (χ0v) is 41.0. The number of nitrogen functional groups attached to an aromatic ring is 1. The Labute approximate surface area is 416 Å². The van der Waals surface area contributed by atoms with Gasteiger partial charge in [-0.1, -0.05) is 52.5 Å². The maximum atomic E-state index is 10.8. The smallest absolute Gasteiger partial charge is 0.300 e. The van der Waals surface area contributed by atoms with Gasteiger partial charge in [0.25, 0.3) is 67.7 Å². The Balaban J connectivity index is 0.000000448. The number of anilines is 1. The number of hydrogen-bond acceptors (Lipinski definition) is 21. The molecule has 31 nitrogen and oxygen atoms in total. The van der Waals surface area contributed by atoms with Gasteiger partial charge < -0.3 is 5.73 Å². The van der Waals surface area contributed by atoms with Crippen molar-refractivity contribution in [2.45, 2.75) is 31.4 Å². The number of halogens is 4. The standard InChI is InChI=1S/C7H7NO5S.C6H4Cl2O3S.C6H3ClN2O7S.C6H5ClO3S.C6H5N3O7S/c1-5-2-3-6(14(11,12)13)4-7(5)8(9)10;7-4-1-2-5(8)6(3-4)12(9,10)11;7-6-4(8(10)11)1-3(17(14,15)16)2-5(6)9(12)13;7-5-1-3-6(4-2-5)11(8,9)10;7-6-4(8(10)11)1-3(17(14,15)16)2-5(6)9(12)13/h2-4H,1H3,(H,11,12,13);1-3H,(H,9,10,11);1-2H,(H,14,15,16);1-4H,(H,8,9,10);1-2H,7H2,(H,14,15,16). The van der Waals surface area contributed by atoms with E-state index in [1.54, 1.807) is 0 Å². The van der Waals surface area contributed by atoms with Crippen LogP contribution in [0.5, 0.6) is 0 Å². The minimum atomic E-state index is -4.80. The van der Waals surface area contributed by atoms with Gasteiger partial charge >= 0.3 is 11.4 Å². The number of nitrogens with two attached hydrogens (primary N) is 1. The molecule has 71 heavy (non-hydrogen) atoms. The molecule has 5 aromatic rings. The van der Waals surface area contributed by atoms with E-state index in [9.17, 15) is 92.7 Å². The minimum Gasteiger partial charge on any atom is -0.387 e. The van der Waals surface area contributed by atoms with Crippen molar-refractivity contribution in [3.63, 3.8) is 0 Å². The zero-order valence-electron chi connectivity index (χ0n) is 33.9. The summed E-state index contributed by atoms with van der Waals surface area (Å²) in [5, 5.41) is 52.2. The van der Waals surface area contributed by atoms with Gasteiger partial charge in [0.15, 0.2) is 10.7 Å². The molecule has 0 heterocycles. The maximum absolute atomic E-state index is 10.8. The molecule has 0 fully saturated rings. The van der Waals surface area contributed by atoms with Gasteiger partial charge in [-0.05, 0) is 55.5 Å². The highest BCUT2D eigenvalue weighted by Gasteiger charge is 2.30. The Morgan fingerprint density at radius 1 is 0.408 bits per heavy atom. The summed E-state index contributed by atoms with van der Waals surface area (Å²) >= 11 is 21.8. The number of nitrogens with zero attached hydrogens (tertiary/aromatic N) is 5. The quantitative estimate of drug-likeness (QED) is 0.0366. The summed E-state index contributed by atoms with van der Waals surface area (Å²) in [6.45, 7) is 1.48. The summed E-state index contributed by atoms with van der Waals surface area (Å²) in [7, 11) is -22.3. The Hall–Kier alpha value is -6.39. The molecule has 7 N–H and O–H groups in total. The first-order valence-electron chi connectivity index (χ1n) is 16.7. The highest BCUT2D eigenvalue weighted by Crippen LogP contribution is 2.37. The van der Waals surface area contributed by atoms with E-state index in [0.717, 1.165) is 18.2 Å². The second-order valence-electron chi connectivity index (χ2n) is 12.3. The lowest BCUT2D eigenvalue weighted by atomic mass is 10.2. The average molecular weight is 1180 g/mol. The summed E-state index contributed by atoms with van der Waals surface area (Å²) < 4.78 is 150. The van der Waals surface area contributed by atoms with Crippen LogP contribution in [0.2, 0.25) is 20.1 Å². The van der Waals surface area contributed by atoms with E-state index in [1.807, 2.05) is 0 Å². The van der Waals surface area contributed by atoms with Gasteiger partial charge in [-0.3, -0.25) is 73.3 Å². The van der Waals surface area contributed by atoms with E-state index in [2.05, 4.69) is 0 Å². The summed E-state index contributed by atoms with van der Waals surface area (Å²) in [5.74, 6) is 0. The van der Waals surface area contributed by atoms with Crippen LogP contribution in [-0.2, 0) is 50.6 Å². The SMILES string of the molecule is Cc1ccc(S(=O)(=O)O)cc1[N+](=O)[O-].Nc1c([N+](=O)[O-])cc(S(=O)(=O)O)cc1[N+](=O)[O-].O=S(=O)(O)c1cc(Cl)ccc1Cl.O=S(=O)(O)c1ccc(Cl)cc1.O=[N+]([O-])c1cc(S(=O)(=O)O)cc([N+](=O)[O-])c1Cl. The molecule has 0 aromatic heterocycles. The molecule has 5 rings (SSSR count). The minimum absolute atomic E-state index is 0.0538. The molecular formula is C31H24Cl4N6O25S5. The van der Waals surface area contributed by atoms with Gasteiger partial charge in [0, 0.05) is 45.9 Å². The zero-order chi connectivity index (χ0) is 55.5. The second-order valence-corrected chi connectivity index (χ2v) is 21.0. The Morgan fingerprint density at radius 2 is 0.718 bits per heavy atom. The maximum Gasteiger partial charge on any atom is 0.300 e. The van der Waals surface area contributed by atoms with Gasteiger partial charge in [-0.15, -0.1) is 0 Å². The van der Waals surface area contributed by atoms with Crippen LogP contribution in [0.25, 0.3) is 0 Å². The molecule has 0 saturated carbocycles. The lowest BCUT2D eigenvalue weighted by molar-refractivity contribution is -0.394. The van der Waals surface area contributed by atoms with E-state index < -0.39 is 123 Å². The normalized spacial score (nSPS) is 11.3. The highest BCUT2D eigenvalue weighted by atomic mass is 35.5. The molecule has 40 heteroatoms. The van der Waals surface area contributed by atoms with E-state index in [0.29, 0.717) is 34.9 Å². The van der Waals surface area contributed by atoms with Crippen LogP contribution in [0, 0.1) is 57.5 Å². The van der Waals surface area contributed by atoms with E-state index in [1.165, 1.54) is 49.4 Å². The fraction of sp³-hybridized carbons (Fsp3) is 0.0323. The van der Waals surface area contributed by atoms with Crippen molar-refractivity contribution < 1.29 is 89.5 Å². The highest BCUT2D eigenvalue weighted by molar-refractivity contribution is 7.86. The third-order valence-corrected chi connectivity index (χ3v) is 13.0. The third kappa shape index (κ3) is 19.4. The molecular weight excluding hydrogens is 1160 g/mol. The summed E-state index contributed by atoms with van der Waals surface area (Å²) in [6.07, 6.45) is 0. The number of nitro benzene ring substituents is 5. The van der Waals surface area contributed by atoms with Crippen molar-refractivity contribution >= 4 is 131 Å². The molecule has 0 aliphatic heterocycles. The Kier molecular flexibility index (Phi) is 21.7. The van der Waals surface area contributed by atoms with Crippen molar-refractivity contribution in [2.75, 3.05) is 5.73 Å². The van der Waals surface area contributed by atoms with Crippen molar-refractivity contribution in [1.82, 2.24) is 0 Å². The first kappa shape index (κ1) is 62.6. The van der Waals surface area contributed by atoms with Gasteiger partial charge in [0.05, 0.1) is 34.5 Å². The first-order chi connectivity index (χ1) is 32.0. The predicted octanol–water partition coefficient (Wildman–Crippen LogP) is 6.71. The number of hydrogen-bond donors (Lipinski definition) is 6. The largest absolute Gasteiger partial charge is 0.387 e. The molecule has 0 amide bonds. The van der Waals surface area contributed by atoms with Crippen LogP contribution in [0.1, 0.15) is 5.56 Å². The van der Waals surface area contributed by atoms with Crippen molar-refractivity contribution in [2.24, 2.45) is 0 Å². The summed E-state index contributed by atoms with van der Waals surface area (Å²) in [4.78, 5) is 44.4. The van der Waals surface area contributed by atoms with Gasteiger partial charge in [0.1, 0.15) is 19.6 Å². The van der Waals surface area contributed by atoms with Gasteiger partial charge in [-0.25, -0.2) is 0 Å². The van der Waals surface area contributed by atoms with E-state index in [4.69, 9.17) is 74.9 Å². The molecule has 0 unspecified atom stereocenters. The van der Waals surface area contributed by atoms with Crippen LogP contribution in [-0.4, -0.2) is 89.5 Å². The topological polar surface area (TPSA) is 514 Å². The summed E-state index contributed by atoms with van der Waals surface area (Å²) in [6, 6.07) is 14.0. The van der Waals surface area contributed by atoms with Crippen LogP contribution in [0.4, 0.5) is 34.1 Å². The van der Waals surface area contributed by atoms with Crippen LogP contribution in [0.3, 0.4) is 0 Å². The number of benzene rings is 5. The molecule has 0 aliphatic carbocycles. The Bertz CT molecular complexity index is 3330. The van der Waals surface area contributed by atoms with Crippen LogP contribution < -0.4 is 5.73 Å². The van der Waals surface area contributed by atoms with E-state index >= 15 is 0 Å². The molecule has 0 aliphatic rings. The second kappa shape index (κ2) is 24.6.